The van der Waals surface area contributed by atoms with Crippen molar-refractivity contribution >= 4 is 140 Å². The Hall–Kier alpha value is -12.9. The third-order valence-corrected chi connectivity index (χ3v) is 22.9. The molecule has 21 aromatic rings. The number of hydrogen-bond donors (Lipinski definition) is 0. The summed E-state index contributed by atoms with van der Waals surface area (Å²) in [5, 5.41) is 17.5. The zero-order valence-corrected chi connectivity index (χ0v) is 58.8. The first-order valence-electron chi connectivity index (χ1n) is 35.1. The lowest BCUT2D eigenvalue weighted by molar-refractivity contribution is 1.08. The van der Waals surface area contributed by atoms with Gasteiger partial charge in [-0.1, -0.05) is 279 Å². The van der Waals surface area contributed by atoms with E-state index >= 15 is 0 Å². The zero-order chi connectivity index (χ0) is 69.5. The summed E-state index contributed by atoms with van der Waals surface area (Å²) < 4.78 is 7.24. The molecule has 1 aliphatic carbocycles. The van der Waals surface area contributed by atoms with Gasteiger partial charge in [-0.15, -0.1) is 22.7 Å². The number of thiophene rings is 2. The summed E-state index contributed by atoms with van der Waals surface area (Å²) in [4.78, 5) is 30.7. The lowest BCUT2D eigenvalue weighted by Gasteiger charge is -2.15. The maximum absolute atomic E-state index is 6.54. The second-order valence-corrected chi connectivity index (χ2v) is 29.1. The molecule has 0 saturated carbocycles. The van der Waals surface area contributed by atoms with Crippen molar-refractivity contribution in [1.82, 2.24) is 34.5 Å². The molecule has 0 amide bonds. The molecule has 22 rings (SSSR count). The number of rotatable bonds is 7. The molecule has 1 aliphatic rings. The van der Waals surface area contributed by atoms with Crippen LogP contribution in [-0.2, 0) is 6.42 Å². The summed E-state index contributed by atoms with van der Waals surface area (Å²) in [6.07, 6.45) is 1.08. The molecule has 0 spiro atoms. The van der Waals surface area contributed by atoms with Gasteiger partial charge < -0.3 is 4.57 Å². The number of hydrogen-bond acceptors (Lipinski definition) is 8. The summed E-state index contributed by atoms with van der Waals surface area (Å²) >= 11 is 10.1. The molecule has 0 aliphatic heterocycles. The lowest BCUT2D eigenvalue weighted by Crippen LogP contribution is -2.02. The van der Waals surface area contributed by atoms with E-state index < -0.39 is 0 Å². The van der Waals surface area contributed by atoms with Crippen LogP contribution in [0.2, 0.25) is 5.02 Å². The van der Waals surface area contributed by atoms with Crippen molar-refractivity contribution in [1.29, 1.82) is 0 Å². The van der Waals surface area contributed by atoms with Gasteiger partial charge in [0.2, 0.25) is 0 Å². The van der Waals surface area contributed by atoms with Gasteiger partial charge in [0.15, 0.2) is 34.9 Å². The first kappa shape index (κ1) is 61.9. The quantitative estimate of drug-likeness (QED) is 0.158. The normalized spacial score (nSPS) is 11.8. The number of benzene rings is 16. The molecule has 5 heterocycles. The van der Waals surface area contributed by atoms with Gasteiger partial charge in [0.05, 0.1) is 11.0 Å². The SMILES string of the molecule is Clc1cc(-c2nc(-c3ccccc3)nc(-c3cccc4c3sc3ccccc34)n2)c2ccccc2c1.c1ccc(-c2nc(-c3cc(-n4c5ccccc5c5cc6ccccc6cc54)cc4ccccc34)nc(-c3cccc4c3sc3ccccc34)n2)cc1.c1ccc2c(c1)Cc1cc3ccccc3cc1-2. The average molecular weight is 1400 g/mol. The molecule has 105 heavy (non-hydrogen) atoms. The minimum Gasteiger partial charge on any atom is -0.309 e. The van der Waals surface area contributed by atoms with E-state index in [1.54, 1.807) is 22.7 Å². The Morgan fingerprint density at radius 3 is 1.26 bits per heavy atom. The van der Waals surface area contributed by atoms with Crippen LogP contribution < -0.4 is 0 Å². The molecule has 7 nitrogen and oxygen atoms in total. The lowest BCUT2D eigenvalue weighted by atomic mass is 10.0. The number of fused-ring (bicyclic) bond motifs is 16. The van der Waals surface area contributed by atoms with E-state index in [9.17, 15) is 0 Å². The van der Waals surface area contributed by atoms with Crippen molar-refractivity contribution in [3.05, 3.63) is 356 Å². The maximum Gasteiger partial charge on any atom is 0.165 e. The number of para-hydroxylation sites is 1. The Bertz CT molecular complexity index is 7040. The van der Waals surface area contributed by atoms with E-state index in [-0.39, 0.29) is 0 Å². The maximum atomic E-state index is 6.54. The van der Waals surface area contributed by atoms with Crippen LogP contribution in [0, 0.1) is 0 Å². The predicted octanol–water partition coefficient (Wildman–Crippen LogP) is 26.1. The molecule has 0 unspecified atom stereocenters. The van der Waals surface area contributed by atoms with E-state index in [2.05, 4.69) is 271 Å². The molecule has 0 fully saturated rings. The van der Waals surface area contributed by atoms with Crippen molar-refractivity contribution in [3.63, 3.8) is 0 Å². The molecular formula is C95H58ClN7S2. The molecule has 10 heteroatoms. The van der Waals surface area contributed by atoms with Gasteiger partial charge in [-0.2, -0.15) is 0 Å². The Balaban J connectivity index is 0.000000118. The van der Waals surface area contributed by atoms with Crippen molar-refractivity contribution in [2.75, 3.05) is 0 Å². The summed E-state index contributed by atoms with van der Waals surface area (Å²) in [5.74, 6) is 3.86. The number of halogens is 1. The van der Waals surface area contributed by atoms with Crippen molar-refractivity contribution in [2.45, 2.75) is 6.42 Å². The molecule has 5 aromatic heterocycles. The van der Waals surface area contributed by atoms with E-state index in [0.29, 0.717) is 40.0 Å². The van der Waals surface area contributed by atoms with Gasteiger partial charge in [-0.05, 0) is 145 Å². The van der Waals surface area contributed by atoms with E-state index in [1.807, 2.05) is 72.8 Å². The molecule has 0 radical (unpaired) electrons. The minimum absolute atomic E-state index is 0.607. The highest BCUT2D eigenvalue weighted by Crippen LogP contribution is 2.45. The Labute approximate surface area is 617 Å². The Morgan fingerprint density at radius 2 is 0.667 bits per heavy atom. The highest BCUT2D eigenvalue weighted by molar-refractivity contribution is 7.26. The summed E-state index contributed by atoms with van der Waals surface area (Å²) in [6.45, 7) is 0. The van der Waals surface area contributed by atoms with Gasteiger partial charge in [-0.3, -0.25) is 0 Å². The summed E-state index contributed by atoms with van der Waals surface area (Å²) in [6, 6.07) is 119. The van der Waals surface area contributed by atoms with E-state index in [1.165, 1.54) is 100 Å². The molecule has 0 atom stereocenters. The first-order chi connectivity index (χ1) is 51.9. The molecule has 0 saturated heterocycles. The van der Waals surface area contributed by atoms with Crippen molar-refractivity contribution < 1.29 is 0 Å². The van der Waals surface area contributed by atoms with Crippen LogP contribution in [0.1, 0.15) is 11.1 Å². The largest absolute Gasteiger partial charge is 0.309 e. The Morgan fingerprint density at radius 1 is 0.248 bits per heavy atom. The molecular weight excluding hydrogens is 1340 g/mol. The van der Waals surface area contributed by atoms with Crippen LogP contribution in [-0.4, -0.2) is 34.5 Å². The second kappa shape index (κ2) is 25.9. The minimum atomic E-state index is 0.607. The third kappa shape index (κ3) is 11.1. The summed E-state index contributed by atoms with van der Waals surface area (Å²) in [5.41, 5.74) is 14.9. The van der Waals surface area contributed by atoms with Crippen LogP contribution in [0.15, 0.2) is 340 Å². The highest BCUT2D eigenvalue weighted by Gasteiger charge is 2.24. The van der Waals surface area contributed by atoms with Gasteiger partial charge in [0, 0.05) is 95.2 Å². The van der Waals surface area contributed by atoms with E-state index in [0.717, 1.165) is 72.6 Å². The van der Waals surface area contributed by atoms with Crippen molar-refractivity contribution in [2.24, 2.45) is 0 Å². The molecule has 0 N–H and O–H groups in total. The fourth-order valence-corrected chi connectivity index (χ4v) is 18.0. The van der Waals surface area contributed by atoms with Crippen LogP contribution in [0.4, 0.5) is 0 Å². The smallest absolute Gasteiger partial charge is 0.165 e. The van der Waals surface area contributed by atoms with Gasteiger partial charge >= 0.3 is 0 Å². The van der Waals surface area contributed by atoms with Crippen molar-refractivity contribution in [3.8, 4) is 85.1 Å². The predicted molar refractivity (Wildman–Crippen MR) is 442 cm³/mol. The molecule has 492 valence electrons. The topological polar surface area (TPSA) is 82.3 Å². The number of aromatic nitrogens is 7. The van der Waals surface area contributed by atoms with Crippen LogP contribution in [0.25, 0.3) is 190 Å². The van der Waals surface area contributed by atoms with Gasteiger partial charge in [0.1, 0.15) is 0 Å². The third-order valence-electron chi connectivity index (χ3n) is 20.2. The van der Waals surface area contributed by atoms with Gasteiger partial charge in [0.25, 0.3) is 0 Å². The van der Waals surface area contributed by atoms with Crippen LogP contribution in [0.5, 0.6) is 0 Å². The van der Waals surface area contributed by atoms with Crippen LogP contribution >= 0.6 is 34.3 Å². The number of nitrogens with zero attached hydrogens (tertiary/aromatic N) is 7. The highest BCUT2D eigenvalue weighted by atomic mass is 35.5. The average Bonchev–Trinajstić information content (AvgIpc) is 1.62. The molecule has 16 aromatic carbocycles. The zero-order valence-electron chi connectivity index (χ0n) is 56.4. The van der Waals surface area contributed by atoms with E-state index in [4.69, 9.17) is 41.5 Å². The first-order valence-corrected chi connectivity index (χ1v) is 37.1. The van der Waals surface area contributed by atoms with Crippen LogP contribution in [0.3, 0.4) is 0 Å². The fourth-order valence-electron chi connectivity index (χ4n) is 15.3. The summed E-state index contributed by atoms with van der Waals surface area (Å²) in [7, 11) is 0. The Kier molecular flexibility index (Phi) is 15.3. The molecule has 0 bridgehead atoms. The monoisotopic (exact) mass is 1400 g/mol. The van der Waals surface area contributed by atoms with Gasteiger partial charge in [-0.25, -0.2) is 29.9 Å². The second-order valence-electron chi connectivity index (χ2n) is 26.6. The standard InChI is InChI=1S/C47H28N4S.C31H18ClN3S.C17H12/c1-2-13-29(14-3-1)45-48-46(38-22-12-21-37-36-20-9-11-24-43(36)52-44(37)38)50-47(49-45)40-28-33(25-32-17-6-7-18-34(32)40)51-41-23-10-8-19-35(41)39-26-30-15-4-5-16-31(30)27-42(39)51;32-21-17-20-11-4-5-12-22(20)26(18-21)31-34-29(19-9-2-1-3-10-19)33-30(35-31)25-15-8-14-24-23-13-6-7-16-27(23)36-28(24)25;1-2-6-13-11-17-15(9-12(13)5-1)10-14-7-3-4-8-16(14)17/h1-28H;1-18H;1-9,11H,10H2. The fraction of sp³-hybridized carbons (Fsp3) is 0.0105.